The van der Waals surface area contributed by atoms with Crippen molar-refractivity contribution < 1.29 is 13.9 Å². The highest BCUT2D eigenvalue weighted by Gasteiger charge is 2.10. The number of amides is 1. The molecule has 0 saturated heterocycles. The Balaban J connectivity index is 2.69. The average molecular weight is 268 g/mol. The van der Waals surface area contributed by atoms with Gasteiger partial charge in [0.15, 0.2) is 0 Å². The number of hydrogen-bond acceptors (Lipinski definition) is 3. The molecular formula is C14H21FN2O2. The van der Waals surface area contributed by atoms with Gasteiger partial charge in [-0.05, 0) is 24.6 Å². The molecule has 0 heterocycles. The van der Waals surface area contributed by atoms with Gasteiger partial charge in [-0.25, -0.2) is 4.39 Å². The third-order valence-corrected chi connectivity index (χ3v) is 2.92. The highest BCUT2D eigenvalue weighted by atomic mass is 19.1. The molecule has 3 N–H and O–H groups in total. The van der Waals surface area contributed by atoms with Crippen molar-refractivity contribution in [2.75, 3.05) is 13.7 Å². The van der Waals surface area contributed by atoms with E-state index in [4.69, 9.17) is 10.5 Å². The summed E-state index contributed by atoms with van der Waals surface area (Å²) < 4.78 is 18.7. The maximum absolute atomic E-state index is 13.6. The predicted molar refractivity (Wildman–Crippen MR) is 72.3 cm³/mol. The van der Waals surface area contributed by atoms with Crippen LogP contribution in [0.1, 0.15) is 35.7 Å². The van der Waals surface area contributed by atoms with Gasteiger partial charge in [0.05, 0.1) is 6.61 Å². The van der Waals surface area contributed by atoms with E-state index in [0.29, 0.717) is 24.3 Å². The largest absolute Gasteiger partial charge is 0.383 e. The van der Waals surface area contributed by atoms with Gasteiger partial charge in [0.25, 0.3) is 0 Å². The van der Waals surface area contributed by atoms with Crippen molar-refractivity contribution >= 4 is 5.91 Å². The first-order valence-corrected chi connectivity index (χ1v) is 6.39. The molecule has 0 saturated carbocycles. The van der Waals surface area contributed by atoms with Gasteiger partial charge in [0.2, 0.25) is 5.91 Å². The third kappa shape index (κ3) is 4.96. The van der Waals surface area contributed by atoms with Crippen molar-refractivity contribution in [2.24, 2.45) is 5.73 Å². The van der Waals surface area contributed by atoms with Crippen LogP contribution < -0.4 is 11.1 Å². The summed E-state index contributed by atoms with van der Waals surface area (Å²) >= 11 is 0. The standard InChI is InChI=1S/C14H21FN2O2/c1-3-4-12(9-19-2)17-8-11-7-10(14(16)18)5-6-13(11)15/h5-7,12,17H,3-4,8-9H2,1-2H3,(H2,16,18). The Bertz CT molecular complexity index is 418. The molecule has 1 amide bonds. The van der Waals surface area contributed by atoms with E-state index in [-0.39, 0.29) is 11.9 Å². The summed E-state index contributed by atoms with van der Waals surface area (Å²) in [5.74, 6) is -0.895. The minimum atomic E-state index is -0.553. The molecule has 0 aliphatic heterocycles. The number of ether oxygens (including phenoxy) is 1. The van der Waals surface area contributed by atoms with Crippen LogP contribution in [0.4, 0.5) is 4.39 Å². The first-order valence-electron chi connectivity index (χ1n) is 6.39. The van der Waals surface area contributed by atoms with Crippen LogP contribution in [-0.4, -0.2) is 25.7 Å². The first kappa shape index (κ1) is 15.6. The fraction of sp³-hybridized carbons (Fsp3) is 0.500. The van der Waals surface area contributed by atoms with E-state index >= 15 is 0 Å². The van der Waals surface area contributed by atoms with Crippen molar-refractivity contribution in [3.8, 4) is 0 Å². The number of carbonyl (C=O) groups excluding carboxylic acids is 1. The quantitative estimate of drug-likeness (QED) is 0.756. The van der Waals surface area contributed by atoms with Crippen LogP contribution in [0.5, 0.6) is 0 Å². The fourth-order valence-corrected chi connectivity index (χ4v) is 1.91. The van der Waals surface area contributed by atoms with Crippen molar-refractivity contribution in [1.82, 2.24) is 5.32 Å². The summed E-state index contributed by atoms with van der Waals surface area (Å²) in [6.45, 7) is 3.00. The second-order valence-corrected chi connectivity index (χ2v) is 4.49. The lowest BCUT2D eigenvalue weighted by molar-refractivity contribution is 0.1000. The average Bonchev–Trinajstić information content (AvgIpc) is 2.37. The molecule has 0 aromatic heterocycles. The van der Waals surface area contributed by atoms with Crippen molar-refractivity contribution in [3.63, 3.8) is 0 Å². The molecule has 0 aliphatic carbocycles. The molecule has 1 rings (SSSR count). The van der Waals surface area contributed by atoms with Crippen LogP contribution in [-0.2, 0) is 11.3 Å². The molecule has 0 spiro atoms. The van der Waals surface area contributed by atoms with Crippen LogP contribution in [0.15, 0.2) is 18.2 Å². The Morgan fingerprint density at radius 2 is 2.26 bits per heavy atom. The summed E-state index contributed by atoms with van der Waals surface area (Å²) in [6.07, 6.45) is 1.97. The summed E-state index contributed by atoms with van der Waals surface area (Å²) in [5, 5.41) is 3.23. The maximum Gasteiger partial charge on any atom is 0.248 e. The van der Waals surface area contributed by atoms with E-state index < -0.39 is 5.91 Å². The molecule has 1 atom stereocenters. The molecular weight excluding hydrogens is 247 g/mol. The lowest BCUT2D eigenvalue weighted by Gasteiger charge is -2.17. The zero-order valence-electron chi connectivity index (χ0n) is 11.4. The summed E-state index contributed by atoms with van der Waals surface area (Å²) in [6, 6.07) is 4.31. The molecule has 19 heavy (non-hydrogen) atoms. The van der Waals surface area contributed by atoms with Crippen molar-refractivity contribution in [1.29, 1.82) is 0 Å². The fourth-order valence-electron chi connectivity index (χ4n) is 1.91. The van der Waals surface area contributed by atoms with Crippen LogP contribution in [0.3, 0.4) is 0 Å². The monoisotopic (exact) mass is 268 g/mol. The minimum absolute atomic E-state index is 0.173. The Morgan fingerprint density at radius 1 is 1.53 bits per heavy atom. The molecule has 0 bridgehead atoms. The van der Waals surface area contributed by atoms with E-state index in [1.165, 1.54) is 18.2 Å². The SMILES string of the molecule is CCCC(COC)NCc1cc(C(N)=O)ccc1F. The lowest BCUT2D eigenvalue weighted by Crippen LogP contribution is -2.33. The van der Waals surface area contributed by atoms with E-state index in [0.717, 1.165) is 12.8 Å². The van der Waals surface area contributed by atoms with Gasteiger partial charge < -0.3 is 15.8 Å². The summed E-state index contributed by atoms with van der Waals surface area (Å²) in [7, 11) is 1.64. The predicted octanol–water partition coefficient (Wildman–Crippen LogP) is 1.83. The van der Waals surface area contributed by atoms with E-state index in [1.54, 1.807) is 7.11 Å². The molecule has 1 aromatic carbocycles. The molecule has 1 aromatic rings. The minimum Gasteiger partial charge on any atom is -0.383 e. The smallest absolute Gasteiger partial charge is 0.248 e. The Kier molecular flexibility index (Phi) is 6.45. The van der Waals surface area contributed by atoms with Gasteiger partial charge in [-0.15, -0.1) is 0 Å². The topological polar surface area (TPSA) is 64.3 Å². The molecule has 106 valence electrons. The molecule has 0 fully saturated rings. The van der Waals surface area contributed by atoms with E-state index in [2.05, 4.69) is 12.2 Å². The zero-order valence-corrected chi connectivity index (χ0v) is 11.4. The third-order valence-electron chi connectivity index (χ3n) is 2.92. The highest BCUT2D eigenvalue weighted by molar-refractivity contribution is 5.92. The normalized spacial score (nSPS) is 12.4. The Morgan fingerprint density at radius 3 is 2.84 bits per heavy atom. The van der Waals surface area contributed by atoms with Gasteiger partial charge in [-0.1, -0.05) is 13.3 Å². The number of carbonyl (C=O) groups is 1. The Hall–Kier alpha value is -1.46. The lowest BCUT2D eigenvalue weighted by atomic mass is 10.1. The van der Waals surface area contributed by atoms with Crippen LogP contribution in [0.2, 0.25) is 0 Å². The Labute approximate surface area is 113 Å². The molecule has 1 unspecified atom stereocenters. The number of rotatable bonds is 8. The number of halogens is 1. The van der Waals surface area contributed by atoms with Crippen LogP contribution >= 0.6 is 0 Å². The molecule has 5 heteroatoms. The number of nitrogens with two attached hydrogens (primary N) is 1. The maximum atomic E-state index is 13.6. The number of hydrogen-bond donors (Lipinski definition) is 2. The van der Waals surface area contributed by atoms with Crippen molar-refractivity contribution in [3.05, 3.63) is 35.1 Å². The van der Waals surface area contributed by atoms with Crippen LogP contribution in [0, 0.1) is 5.82 Å². The van der Waals surface area contributed by atoms with Gasteiger partial charge in [-0.3, -0.25) is 4.79 Å². The number of methoxy groups -OCH3 is 1. The first-order chi connectivity index (χ1) is 9.08. The molecule has 0 aliphatic rings. The highest BCUT2D eigenvalue weighted by Crippen LogP contribution is 2.11. The van der Waals surface area contributed by atoms with Crippen molar-refractivity contribution in [2.45, 2.75) is 32.4 Å². The summed E-state index contributed by atoms with van der Waals surface area (Å²) in [5.41, 5.74) is 5.94. The van der Waals surface area contributed by atoms with Gasteiger partial charge in [0.1, 0.15) is 5.82 Å². The number of nitrogens with one attached hydrogen (secondary N) is 1. The number of benzene rings is 1. The second-order valence-electron chi connectivity index (χ2n) is 4.49. The molecule has 4 nitrogen and oxygen atoms in total. The van der Waals surface area contributed by atoms with E-state index in [1.807, 2.05) is 0 Å². The van der Waals surface area contributed by atoms with Gasteiger partial charge in [0, 0.05) is 30.8 Å². The van der Waals surface area contributed by atoms with Gasteiger partial charge >= 0.3 is 0 Å². The van der Waals surface area contributed by atoms with Crippen LogP contribution in [0.25, 0.3) is 0 Å². The second kappa shape index (κ2) is 7.86. The van der Waals surface area contributed by atoms with E-state index in [9.17, 15) is 9.18 Å². The zero-order chi connectivity index (χ0) is 14.3. The number of primary amides is 1. The summed E-state index contributed by atoms with van der Waals surface area (Å²) in [4.78, 5) is 11.1. The molecule has 0 radical (unpaired) electrons. The van der Waals surface area contributed by atoms with Gasteiger partial charge in [-0.2, -0.15) is 0 Å².